The second-order valence-corrected chi connectivity index (χ2v) is 4.84. The summed E-state index contributed by atoms with van der Waals surface area (Å²) in [6.07, 6.45) is 0.530. The zero-order chi connectivity index (χ0) is 11.5. The Labute approximate surface area is 97.2 Å². The van der Waals surface area contributed by atoms with E-state index in [1.807, 2.05) is 0 Å². The van der Waals surface area contributed by atoms with E-state index in [1.165, 1.54) is 6.07 Å². The maximum absolute atomic E-state index is 12.9. The zero-order valence-electron chi connectivity index (χ0n) is 8.76. The molecule has 0 aliphatic rings. The fraction of sp³-hybridized carbons (Fsp3) is 0.455. The largest absolute Gasteiger partial charge is 0.493 e. The van der Waals surface area contributed by atoms with Gasteiger partial charge in [-0.25, -0.2) is 4.39 Å². The Kier molecular flexibility index (Phi) is 4.11. The molecule has 0 bridgehead atoms. The van der Waals surface area contributed by atoms with Gasteiger partial charge in [-0.3, -0.25) is 0 Å². The van der Waals surface area contributed by atoms with Gasteiger partial charge in [-0.1, -0.05) is 0 Å². The third-order valence-electron chi connectivity index (χ3n) is 1.87. The van der Waals surface area contributed by atoms with Crippen LogP contribution in [0.25, 0.3) is 0 Å². The van der Waals surface area contributed by atoms with E-state index in [1.54, 1.807) is 26.0 Å². The quantitative estimate of drug-likeness (QED) is 0.916. The van der Waals surface area contributed by atoms with Crippen molar-refractivity contribution >= 4 is 15.9 Å². The van der Waals surface area contributed by atoms with Gasteiger partial charge in [-0.15, -0.1) is 0 Å². The minimum Gasteiger partial charge on any atom is -0.493 e. The predicted molar refractivity (Wildman–Crippen MR) is 60.5 cm³/mol. The van der Waals surface area contributed by atoms with E-state index in [4.69, 9.17) is 4.74 Å². The van der Waals surface area contributed by atoms with Gasteiger partial charge in [0.25, 0.3) is 0 Å². The first kappa shape index (κ1) is 12.5. The van der Waals surface area contributed by atoms with Crippen LogP contribution in [0.3, 0.4) is 0 Å². The predicted octanol–water partition coefficient (Wildman–Crippen LogP) is 3.13. The summed E-state index contributed by atoms with van der Waals surface area (Å²) in [6.45, 7) is 3.84. The molecule has 0 aliphatic carbocycles. The first-order chi connectivity index (χ1) is 6.88. The van der Waals surface area contributed by atoms with E-state index in [0.29, 0.717) is 23.2 Å². The molecule has 0 spiro atoms. The molecule has 4 heteroatoms. The summed E-state index contributed by atoms with van der Waals surface area (Å²) in [5.41, 5.74) is -0.739. The Bertz CT molecular complexity index is 334. The summed E-state index contributed by atoms with van der Waals surface area (Å²) in [5.74, 6) is 0.275. The van der Waals surface area contributed by atoms with Gasteiger partial charge in [-0.2, -0.15) is 0 Å². The highest BCUT2D eigenvalue weighted by atomic mass is 79.9. The van der Waals surface area contributed by atoms with Gasteiger partial charge in [0.1, 0.15) is 11.6 Å². The van der Waals surface area contributed by atoms with Crippen molar-refractivity contribution in [3.05, 3.63) is 28.5 Å². The second-order valence-electron chi connectivity index (χ2n) is 3.99. The summed E-state index contributed by atoms with van der Waals surface area (Å²) in [6, 6.07) is 4.47. The van der Waals surface area contributed by atoms with Crippen LogP contribution in [0.2, 0.25) is 0 Å². The molecule has 0 heterocycles. The number of ether oxygens (including phenoxy) is 1. The summed E-state index contributed by atoms with van der Waals surface area (Å²) < 4.78 is 18.6. The SMILES string of the molecule is CC(C)(O)CCOc1ccc(F)c(Br)c1. The Morgan fingerprint density at radius 1 is 1.47 bits per heavy atom. The number of rotatable bonds is 4. The molecular formula is C11H14BrFO2. The molecule has 0 amide bonds. The average molecular weight is 277 g/mol. The van der Waals surface area contributed by atoms with E-state index in [9.17, 15) is 9.50 Å². The van der Waals surface area contributed by atoms with E-state index in [2.05, 4.69) is 15.9 Å². The lowest BCUT2D eigenvalue weighted by molar-refractivity contribution is 0.0553. The number of benzene rings is 1. The monoisotopic (exact) mass is 276 g/mol. The van der Waals surface area contributed by atoms with Crippen molar-refractivity contribution in [1.82, 2.24) is 0 Å². The summed E-state index contributed by atoms with van der Waals surface area (Å²) in [4.78, 5) is 0. The first-order valence-electron chi connectivity index (χ1n) is 4.69. The van der Waals surface area contributed by atoms with Crippen molar-refractivity contribution < 1.29 is 14.2 Å². The maximum atomic E-state index is 12.9. The van der Waals surface area contributed by atoms with E-state index >= 15 is 0 Å². The van der Waals surface area contributed by atoms with Crippen LogP contribution in [-0.2, 0) is 0 Å². The smallest absolute Gasteiger partial charge is 0.137 e. The topological polar surface area (TPSA) is 29.5 Å². The van der Waals surface area contributed by atoms with Gasteiger partial charge >= 0.3 is 0 Å². The molecule has 1 aromatic carbocycles. The van der Waals surface area contributed by atoms with Crippen LogP contribution < -0.4 is 4.74 Å². The highest BCUT2D eigenvalue weighted by Gasteiger charge is 2.12. The Hall–Kier alpha value is -0.610. The molecule has 15 heavy (non-hydrogen) atoms. The van der Waals surface area contributed by atoms with Gasteiger partial charge in [-0.05, 0) is 48.0 Å². The lowest BCUT2D eigenvalue weighted by atomic mass is 10.1. The Morgan fingerprint density at radius 3 is 2.67 bits per heavy atom. The molecule has 2 nitrogen and oxygen atoms in total. The highest BCUT2D eigenvalue weighted by molar-refractivity contribution is 9.10. The number of halogens is 2. The molecular weight excluding hydrogens is 263 g/mol. The normalized spacial score (nSPS) is 11.5. The summed E-state index contributed by atoms with van der Waals surface area (Å²) >= 11 is 3.07. The van der Waals surface area contributed by atoms with E-state index in [-0.39, 0.29) is 5.82 Å². The molecule has 0 fully saturated rings. The van der Waals surface area contributed by atoms with E-state index < -0.39 is 5.60 Å². The molecule has 1 rings (SSSR count). The second kappa shape index (κ2) is 4.94. The molecule has 0 aliphatic heterocycles. The molecule has 0 saturated heterocycles. The molecule has 0 aromatic heterocycles. The molecule has 0 unspecified atom stereocenters. The van der Waals surface area contributed by atoms with Crippen LogP contribution in [0.1, 0.15) is 20.3 Å². The fourth-order valence-electron chi connectivity index (χ4n) is 0.985. The third-order valence-corrected chi connectivity index (χ3v) is 2.48. The van der Waals surface area contributed by atoms with Crippen molar-refractivity contribution in [2.24, 2.45) is 0 Å². The van der Waals surface area contributed by atoms with E-state index in [0.717, 1.165) is 0 Å². The molecule has 0 atom stereocenters. The summed E-state index contributed by atoms with van der Waals surface area (Å²) in [7, 11) is 0. The van der Waals surface area contributed by atoms with Crippen LogP contribution in [0.4, 0.5) is 4.39 Å². The number of hydrogen-bond acceptors (Lipinski definition) is 2. The maximum Gasteiger partial charge on any atom is 0.137 e. The molecule has 0 saturated carbocycles. The van der Waals surface area contributed by atoms with Gasteiger partial charge in [0.2, 0.25) is 0 Å². The third kappa shape index (κ3) is 4.62. The average Bonchev–Trinajstić information content (AvgIpc) is 2.09. The molecule has 1 N–H and O–H groups in total. The van der Waals surface area contributed by atoms with Gasteiger partial charge in [0, 0.05) is 6.42 Å². The van der Waals surface area contributed by atoms with Crippen molar-refractivity contribution in [2.75, 3.05) is 6.61 Å². The Morgan fingerprint density at radius 2 is 2.13 bits per heavy atom. The van der Waals surface area contributed by atoms with Crippen LogP contribution >= 0.6 is 15.9 Å². The van der Waals surface area contributed by atoms with Crippen LogP contribution in [-0.4, -0.2) is 17.3 Å². The molecule has 1 aromatic rings. The summed E-state index contributed by atoms with van der Waals surface area (Å²) in [5, 5.41) is 9.45. The van der Waals surface area contributed by atoms with Crippen molar-refractivity contribution in [2.45, 2.75) is 25.9 Å². The fourth-order valence-corrected chi connectivity index (χ4v) is 1.34. The lowest BCUT2D eigenvalue weighted by Gasteiger charge is -2.17. The number of aliphatic hydroxyl groups is 1. The highest BCUT2D eigenvalue weighted by Crippen LogP contribution is 2.22. The van der Waals surface area contributed by atoms with Crippen LogP contribution in [0, 0.1) is 5.82 Å². The van der Waals surface area contributed by atoms with Crippen molar-refractivity contribution in [3.8, 4) is 5.75 Å². The number of hydrogen-bond donors (Lipinski definition) is 1. The van der Waals surface area contributed by atoms with Gasteiger partial charge < -0.3 is 9.84 Å². The van der Waals surface area contributed by atoms with Crippen molar-refractivity contribution in [1.29, 1.82) is 0 Å². The van der Waals surface area contributed by atoms with Gasteiger partial charge in [0.15, 0.2) is 0 Å². The zero-order valence-corrected chi connectivity index (χ0v) is 10.3. The van der Waals surface area contributed by atoms with Crippen LogP contribution in [0.15, 0.2) is 22.7 Å². The molecule has 84 valence electrons. The first-order valence-corrected chi connectivity index (χ1v) is 5.48. The Balaban J connectivity index is 2.48. The van der Waals surface area contributed by atoms with Gasteiger partial charge in [0.05, 0.1) is 16.7 Å². The lowest BCUT2D eigenvalue weighted by Crippen LogP contribution is -2.21. The molecule has 0 radical (unpaired) electrons. The van der Waals surface area contributed by atoms with Crippen LogP contribution in [0.5, 0.6) is 5.75 Å². The minimum absolute atomic E-state index is 0.315. The van der Waals surface area contributed by atoms with Crippen molar-refractivity contribution in [3.63, 3.8) is 0 Å². The minimum atomic E-state index is -0.739. The standard InChI is InChI=1S/C11H14BrFO2/c1-11(2,14)5-6-15-8-3-4-10(13)9(12)7-8/h3-4,7,14H,5-6H2,1-2H3.